The molecule has 2 aromatic carbocycles. The van der Waals surface area contributed by atoms with Crippen LogP contribution in [0.5, 0.6) is 5.75 Å². The van der Waals surface area contributed by atoms with Gasteiger partial charge < -0.3 is 15.0 Å². The second kappa shape index (κ2) is 13.0. The molecule has 0 fully saturated rings. The third kappa shape index (κ3) is 8.40. The van der Waals surface area contributed by atoms with Gasteiger partial charge in [-0.05, 0) is 76.5 Å². The second-order valence-electron chi connectivity index (χ2n) is 9.70. The van der Waals surface area contributed by atoms with E-state index in [1.165, 1.54) is 0 Å². The molecule has 0 aliphatic heterocycles. The summed E-state index contributed by atoms with van der Waals surface area (Å²) in [5.41, 5.74) is 1.92. The standard InChI is InChI=1S/C27H35BrCl2N2O3/c1-7-17(3)31-26(34)23(8-2)32(15-18-9-11-21(29)22(30)13-18)25(33)16-35-24-12-10-19(14-20(24)28)27(4,5)6/h9-14,17,23H,7-8,15-16H2,1-6H3,(H,31,34)/t17-,23+/m0/s1. The van der Waals surface area contributed by atoms with Crippen LogP contribution in [0.1, 0.15) is 65.5 Å². The molecule has 2 rings (SSSR count). The fraction of sp³-hybridized carbons (Fsp3) is 0.481. The summed E-state index contributed by atoms with van der Waals surface area (Å²) in [7, 11) is 0. The van der Waals surface area contributed by atoms with Crippen LogP contribution in [-0.4, -0.2) is 35.4 Å². The molecule has 1 N–H and O–H groups in total. The molecule has 2 atom stereocenters. The Morgan fingerprint density at radius 2 is 1.74 bits per heavy atom. The molecule has 0 saturated carbocycles. The normalized spacial score (nSPS) is 13.2. The Balaban J connectivity index is 2.27. The predicted molar refractivity (Wildman–Crippen MR) is 147 cm³/mol. The maximum absolute atomic E-state index is 13.4. The number of rotatable bonds is 10. The topological polar surface area (TPSA) is 58.6 Å². The van der Waals surface area contributed by atoms with E-state index in [2.05, 4.69) is 42.0 Å². The van der Waals surface area contributed by atoms with Crippen LogP contribution in [0.2, 0.25) is 10.0 Å². The lowest BCUT2D eigenvalue weighted by Gasteiger charge is -2.31. The van der Waals surface area contributed by atoms with Gasteiger partial charge in [-0.2, -0.15) is 0 Å². The van der Waals surface area contributed by atoms with Gasteiger partial charge in [0.2, 0.25) is 5.91 Å². The summed E-state index contributed by atoms with van der Waals surface area (Å²) in [5.74, 6) is 0.0814. The third-order valence-electron chi connectivity index (χ3n) is 5.87. The van der Waals surface area contributed by atoms with E-state index in [4.69, 9.17) is 27.9 Å². The van der Waals surface area contributed by atoms with Crippen LogP contribution in [0.25, 0.3) is 0 Å². The Kier molecular flexibility index (Phi) is 10.9. The van der Waals surface area contributed by atoms with Crippen LogP contribution in [0.4, 0.5) is 0 Å². The fourth-order valence-corrected chi connectivity index (χ4v) is 4.32. The number of ether oxygens (including phenoxy) is 1. The summed E-state index contributed by atoms with van der Waals surface area (Å²) >= 11 is 15.8. The number of carbonyl (C=O) groups excluding carboxylic acids is 2. The lowest BCUT2D eigenvalue weighted by molar-refractivity contribution is -0.143. The van der Waals surface area contributed by atoms with Crippen LogP contribution in [0, 0.1) is 0 Å². The predicted octanol–water partition coefficient (Wildman–Crippen LogP) is 7.15. The van der Waals surface area contributed by atoms with Crippen molar-refractivity contribution in [2.45, 2.75) is 78.4 Å². The molecule has 0 aromatic heterocycles. The van der Waals surface area contributed by atoms with Gasteiger partial charge in [0.05, 0.1) is 14.5 Å². The molecule has 0 aliphatic rings. The van der Waals surface area contributed by atoms with Crippen molar-refractivity contribution in [1.82, 2.24) is 10.2 Å². The highest BCUT2D eigenvalue weighted by molar-refractivity contribution is 9.10. The van der Waals surface area contributed by atoms with Gasteiger partial charge in [0.1, 0.15) is 11.8 Å². The minimum absolute atomic E-state index is 0.00650. The SMILES string of the molecule is CC[C@H](C(=O)N[C@@H](C)CC)N(Cc1ccc(Cl)c(Cl)c1)C(=O)COc1ccc(C(C)(C)C)cc1Br. The number of benzene rings is 2. The highest BCUT2D eigenvalue weighted by Gasteiger charge is 2.30. The van der Waals surface area contributed by atoms with Crippen molar-refractivity contribution >= 4 is 50.9 Å². The molecule has 0 saturated heterocycles. The Morgan fingerprint density at radius 1 is 1.06 bits per heavy atom. The molecule has 0 bridgehead atoms. The summed E-state index contributed by atoms with van der Waals surface area (Å²) in [6, 6.07) is 10.4. The highest BCUT2D eigenvalue weighted by Crippen LogP contribution is 2.31. The molecular formula is C27H35BrCl2N2O3. The van der Waals surface area contributed by atoms with E-state index >= 15 is 0 Å². The molecule has 2 amide bonds. The van der Waals surface area contributed by atoms with E-state index in [1.54, 1.807) is 23.1 Å². The number of hydrogen-bond acceptors (Lipinski definition) is 3. The van der Waals surface area contributed by atoms with Crippen molar-refractivity contribution in [3.63, 3.8) is 0 Å². The molecule has 5 nitrogen and oxygen atoms in total. The maximum Gasteiger partial charge on any atom is 0.261 e. The largest absolute Gasteiger partial charge is 0.483 e. The second-order valence-corrected chi connectivity index (χ2v) is 11.4. The van der Waals surface area contributed by atoms with E-state index in [0.29, 0.717) is 22.2 Å². The van der Waals surface area contributed by atoms with Crippen LogP contribution in [0.3, 0.4) is 0 Å². The van der Waals surface area contributed by atoms with Gasteiger partial charge in [-0.25, -0.2) is 0 Å². The Hall–Kier alpha value is -1.76. The zero-order chi connectivity index (χ0) is 26.3. The van der Waals surface area contributed by atoms with Crippen molar-refractivity contribution in [3.05, 3.63) is 62.0 Å². The van der Waals surface area contributed by atoms with Gasteiger partial charge in [0, 0.05) is 12.6 Å². The molecule has 0 unspecified atom stereocenters. The lowest BCUT2D eigenvalue weighted by atomic mass is 9.87. The number of amides is 2. The minimum Gasteiger partial charge on any atom is -0.483 e. The van der Waals surface area contributed by atoms with Crippen molar-refractivity contribution in [2.75, 3.05) is 6.61 Å². The van der Waals surface area contributed by atoms with Crippen LogP contribution < -0.4 is 10.1 Å². The molecule has 0 spiro atoms. The summed E-state index contributed by atoms with van der Waals surface area (Å²) in [4.78, 5) is 28.0. The molecule has 35 heavy (non-hydrogen) atoms. The van der Waals surface area contributed by atoms with Crippen molar-refractivity contribution < 1.29 is 14.3 Å². The van der Waals surface area contributed by atoms with Gasteiger partial charge >= 0.3 is 0 Å². The van der Waals surface area contributed by atoms with E-state index < -0.39 is 6.04 Å². The molecule has 0 radical (unpaired) electrons. The van der Waals surface area contributed by atoms with Gasteiger partial charge in [-0.3, -0.25) is 9.59 Å². The molecule has 2 aromatic rings. The number of hydrogen-bond donors (Lipinski definition) is 1. The number of nitrogens with zero attached hydrogens (tertiary/aromatic N) is 1. The quantitative estimate of drug-likeness (QED) is 0.322. The van der Waals surface area contributed by atoms with Crippen molar-refractivity contribution in [2.24, 2.45) is 0 Å². The first-order valence-corrected chi connectivity index (χ1v) is 13.4. The Labute approximate surface area is 227 Å². The number of carbonyl (C=O) groups is 2. The minimum atomic E-state index is -0.652. The van der Waals surface area contributed by atoms with Gasteiger partial charge in [-0.15, -0.1) is 0 Å². The van der Waals surface area contributed by atoms with Crippen LogP contribution >= 0.6 is 39.1 Å². The number of halogens is 3. The van der Waals surface area contributed by atoms with E-state index in [-0.39, 0.29) is 36.4 Å². The smallest absolute Gasteiger partial charge is 0.261 e. The van der Waals surface area contributed by atoms with Crippen molar-refractivity contribution in [1.29, 1.82) is 0 Å². The van der Waals surface area contributed by atoms with Gasteiger partial charge in [0.15, 0.2) is 6.61 Å². The lowest BCUT2D eigenvalue weighted by Crippen LogP contribution is -2.51. The first kappa shape index (κ1) is 29.5. The first-order chi connectivity index (χ1) is 16.4. The zero-order valence-electron chi connectivity index (χ0n) is 21.3. The average molecular weight is 586 g/mol. The Bertz CT molecular complexity index is 1040. The monoisotopic (exact) mass is 584 g/mol. The van der Waals surface area contributed by atoms with Crippen LogP contribution in [-0.2, 0) is 21.5 Å². The fourth-order valence-electron chi connectivity index (χ4n) is 3.50. The summed E-state index contributed by atoms with van der Waals surface area (Å²) in [5, 5.41) is 3.83. The molecular weight excluding hydrogens is 551 g/mol. The molecule has 0 aliphatic carbocycles. The number of nitrogens with one attached hydrogen (secondary N) is 1. The molecule has 8 heteroatoms. The molecule has 0 heterocycles. The van der Waals surface area contributed by atoms with E-state index in [9.17, 15) is 9.59 Å². The molecule has 192 valence electrons. The maximum atomic E-state index is 13.4. The van der Waals surface area contributed by atoms with Crippen LogP contribution in [0.15, 0.2) is 40.9 Å². The summed E-state index contributed by atoms with van der Waals surface area (Å²) < 4.78 is 6.66. The third-order valence-corrected chi connectivity index (χ3v) is 7.23. The highest BCUT2D eigenvalue weighted by atomic mass is 79.9. The van der Waals surface area contributed by atoms with E-state index in [0.717, 1.165) is 22.0 Å². The summed E-state index contributed by atoms with van der Waals surface area (Å²) in [6.07, 6.45) is 1.25. The van der Waals surface area contributed by atoms with Gasteiger partial charge in [-0.1, -0.05) is 70.0 Å². The summed E-state index contributed by atoms with van der Waals surface area (Å²) in [6.45, 7) is 12.2. The zero-order valence-corrected chi connectivity index (χ0v) is 24.4. The average Bonchev–Trinajstić information content (AvgIpc) is 2.79. The first-order valence-electron chi connectivity index (χ1n) is 11.8. The van der Waals surface area contributed by atoms with E-state index in [1.807, 2.05) is 39.0 Å². The van der Waals surface area contributed by atoms with Crippen molar-refractivity contribution in [3.8, 4) is 5.75 Å². The Morgan fingerprint density at radius 3 is 2.29 bits per heavy atom. The van der Waals surface area contributed by atoms with Gasteiger partial charge in [0.25, 0.3) is 5.91 Å².